The molecule has 0 saturated heterocycles. The first-order valence-corrected chi connectivity index (χ1v) is 11.3. The van der Waals surface area contributed by atoms with Crippen molar-refractivity contribution in [2.75, 3.05) is 12.4 Å². The van der Waals surface area contributed by atoms with Crippen LogP contribution >= 0.6 is 23.1 Å². The minimum Gasteiger partial charge on any atom is -0.491 e. The highest BCUT2D eigenvalue weighted by Crippen LogP contribution is 2.34. The largest absolute Gasteiger partial charge is 0.491 e. The molecule has 4 rings (SSSR count). The highest BCUT2D eigenvalue weighted by molar-refractivity contribution is 7.99. The van der Waals surface area contributed by atoms with Gasteiger partial charge in [-0.15, -0.1) is 11.3 Å². The maximum atomic E-state index is 12.9. The summed E-state index contributed by atoms with van der Waals surface area (Å²) in [6, 6.07) is 7.75. The Balaban J connectivity index is 1.45. The second kappa shape index (κ2) is 8.27. The van der Waals surface area contributed by atoms with Gasteiger partial charge in [-0.2, -0.15) is 0 Å². The SMILES string of the molecule is Cc1ccc(OC[C@@H](O)CSc2nc3sc4c(c3c(=O)n2C)CCCC4)cc1. The Morgan fingerprint density at radius 3 is 2.82 bits per heavy atom. The number of benzene rings is 1. The maximum Gasteiger partial charge on any atom is 0.262 e. The highest BCUT2D eigenvalue weighted by Gasteiger charge is 2.21. The molecule has 0 fully saturated rings. The van der Waals surface area contributed by atoms with E-state index in [0.29, 0.717) is 10.9 Å². The van der Waals surface area contributed by atoms with Gasteiger partial charge in [-0.1, -0.05) is 29.5 Å². The Morgan fingerprint density at radius 1 is 1.29 bits per heavy atom. The van der Waals surface area contributed by atoms with Crippen molar-refractivity contribution in [1.82, 2.24) is 9.55 Å². The lowest BCUT2D eigenvalue weighted by Crippen LogP contribution is -2.23. The second-order valence-electron chi connectivity index (χ2n) is 7.24. The number of aliphatic hydroxyl groups excluding tert-OH is 1. The Morgan fingerprint density at radius 2 is 2.04 bits per heavy atom. The smallest absolute Gasteiger partial charge is 0.262 e. The van der Waals surface area contributed by atoms with E-state index in [0.717, 1.165) is 35.2 Å². The number of aryl methyl sites for hydroxylation is 3. The van der Waals surface area contributed by atoms with Crippen molar-refractivity contribution in [3.8, 4) is 5.75 Å². The third kappa shape index (κ3) is 3.97. The molecule has 0 amide bonds. The number of nitrogens with zero attached hydrogens (tertiary/aromatic N) is 2. The van der Waals surface area contributed by atoms with Crippen LogP contribution in [0.15, 0.2) is 34.2 Å². The molecule has 7 heteroatoms. The van der Waals surface area contributed by atoms with E-state index in [1.54, 1.807) is 23.0 Å². The van der Waals surface area contributed by atoms with Crippen LogP contribution in [-0.4, -0.2) is 33.1 Å². The van der Waals surface area contributed by atoms with Gasteiger partial charge in [-0.05, 0) is 50.3 Å². The lowest BCUT2D eigenvalue weighted by Gasteiger charge is -2.13. The van der Waals surface area contributed by atoms with E-state index in [-0.39, 0.29) is 12.2 Å². The number of aromatic nitrogens is 2. The lowest BCUT2D eigenvalue weighted by molar-refractivity contribution is 0.126. The fourth-order valence-corrected chi connectivity index (χ4v) is 5.62. The predicted octanol–water partition coefficient (Wildman–Crippen LogP) is 3.71. The third-order valence-corrected chi connectivity index (χ3v) is 7.38. The van der Waals surface area contributed by atoms with Crippen molar-refractivity contribution in [2.24, 2.45) is 7.05 Å². The number of hydrogen-bond donors (Lipinski definition) is 1. The molecule has 0 unspecified atom stereocenters. The first-order chi connectivity index (χ1) is 13.5. The van der Waals surface area contributed by atoms with Gasteiger partial charge in [-0.25, -0.2) is 4.98 Å². The van der Waals surface area contributed by atoms with Crippen LogP contribution in [0, 0.1) is 6.92 Å². The van der Waals surface area contributed by atoms with Crippen LogP contribution in [0.2, 0.25) is 0 Å². The molecule has 0 spiro atoms. The van der Waals surface area contributed by atoms with E-state index in [2.05, 4.69) is 0 Å². The van der Waals surface area contributed by atoms with Crippen molar-refractivity contribution in [3.05, 3.63) is 50.6 Å². The summed E-state index contributed by atoms with van der Waals surface area (Å²) in [5.74, 6) is 1.16. The molecule has 1 aliphatic carbocycles. The van der Waals surface area contributed by atoms with Gasteiger partial charge >= 0.3 is 0 Å². The Bertz CT molecular complexity index is 1040. The molecule has 3 aromatic rings. The van der Waals surface area contributed by atoms with Gasteiger partial charge < -0.3 is 9.84 Å². The topological polar surface area (TPSA) is 64.3 Å². The zero-order chi connectivity index (χ0) is 19.7. The van der Waals surface area contributed by atoms with Gasteiger partial charge in [0.1, 0.15) is 17.2 Å². The van der Waals surface area contributed by atoms with Crippen LogP contribution in [-0.2, 0) is 19.9 Å². The van der Waals surface area contributed by atoms with Gasteiger partial charge in [0.2, 0.25) is 0 Å². The predicted molar refractivity (Wildman–Crippen MR) is 115 cm³/mol. The van der Waals surface area contributed by atoms with Crippen molar-refractivity contribution in [3.63, 3.8) is 0 Å². The van der Waals surface area contributed by atoms with Crippen LogP contribution in [0.3, 0.4) is 0 Å². The van der Waals surface area contributed by atoms with Gasteiger partial charge in [0.25, 0.3) is 5.56 Å². The maximum absolute atomic E-state index is 12.9. The number of hydrogen-bond acceptors (Lipinski definition) is 6. The lowest BCUT2D eigenvalue weighted by atomic mass is 9.97. The third-order valence-electron chi connectivity index (χ3n) is 5.02. The molecule has 5 nitrogen and oxygen atoms in total. The average molecular weight is 417 g/mol. The average Bonchev–Trinajstić information content (AvgIpc) is 3.07. The van der Waals surface area contributed by atoms with E-state index < -0.39 is 6.10 Å². The van der Waals surface area contributed by atoms with Crippen molar-refractivity contribution in [2.45, 2.75) is 43.9 Å². The molecule has 148 valence electrons. The van der Waals surface area contributed by atoms with Crippen molar-refractivity contribution < 1.29 is 9.84 Å². The van der Waals surface area contributed by atoms with Crippen LogP contribution < -0.4 is 10.3 Å². The normalized spacial score (nSPS) is 14.8. The molecule has 1 aliphatic rings. The van der Waals surface area contributed by atoms with Crippen LogP contribution in [0.5, 0.6) is 5.75 Å². The number of fused-ring (bicyclic) bond motifs is 3. The molecule has 1 aromatic carbocycles. The summed E-state index contributed by atoms with van der Waals surface area (Å²) in [5.41, 5.74) is 2.40. The second-order valence-corrected chi connectivity index (χ2v) is 9.31. The summed E-state index contributed by atoms with van der Waals surface area (Å²) in [7, 11) is 1.76. The molecule has 2 aromatic heterocycles. The standard InChI is InChI=1S/C21H24N2O3S2/c1-13-7-9-15(10-8-13)26-11-14(24)12-27-21-22-19-18(20(25)23(21)2)16-5-3-4-6-17(16)28-19/h7-10,14,24H,3-6,11-12H2,1-2H3/t14-/m1/s1. The van der Waals surface area contributed by atoms with Crippen molar-refractivity contribution >= 4 is 33.3 Å². The summed E-state index contributed by atoms with van der Waals surface area (Å²) in [6.07, 6.45) is 3.72. The summed E-state index contributed by atoms with van der Waals surface area (Å²) in [4.78, 5) is 19.8. The van der Waals surface area contributed by atoms with E-state index in [4.69, 9.17) is 9.72 Å². The van der Waals surface area contributed by atoms with E-state index in [1.807, 2.05) is 31.2 Å². The van der Waals surface area contributed by atoms with Crippen LogP contribution in [0.1, 0.15) is 28.8 Å². The molecule has 2 heterocycles. The van der Waals surface area contributed by atoms with Gasteiger partial charge in [-0.3, -0.25) is 9.36 Å². The molecule has 1 atom stereocenters. The molecular weight excluding hydrogens is 392 g/mol. The number of aliphatic hydroxyl groups is 1. The summed E-state index contributed by atoms with van der Waals surface area (Å²) >= 11 is 3.05. The van der Waals surface area contributed by atoms with Gasteiger partial charge in [0.15, 0.2) is 5.16 Å². The van der Waals surface area contributed by atoms with E-state index >= 15 is 0 Å². The molecule has 0 saturated carbocycles. The van der Waals surface area contributed by atoms with Gasteiger partial charge in [0.05, 0.1) is 11.5 Å². The molecule has 0 bridgehead atoms. The fourth-order valence-electron chi connectivity index (χ4n) is 3.44. The quantitative estimate of drug-likeness (QED) is 0.490. The zero-order valence-corrected chi connectivity index (χ0v) is 17.7. The Labute approximate surface area is 172 Å². The van der Waals surface area contributed by atoms with E-state index in [9.17, 15) is 9.90 Å². The fraction of sp³-hybridized carbons (Fsp3) is 0.429. The number of ether oxygens (including phenoxy) is 1. The highest BCUT2D eigenvalue weighted by atomic mass is 32.2. The first kappa shape index (κ1) is 19.5. The molecule has 0 aliphatic heterocycles. The monoisotopic (exact) mass is 416 g/mol. The number of thiophene rings is 1. The van der Waals surface area contributed by atoms with Gasteiger partial charge in [0, 0.05) is 17.7 Å². The first-order valence-electron chi connectivity index (χ1n) is 9.54. The van der Waals surface area contributed by atoms with Crippen molar-refractivity contribution in [1.29, 1.82) is 0 Å². The number of thioether (sulfide) groups is 1. The van der Waals surface area contributed by atoms with E-state index in [1.165, 1.54) is 34.2 Å². The summed E-state index contributed by atoms with van der Waals surface area (Å²) in [6.45, 7) is 2.23. The minimum absolute atomic E-state index is 0.0253. The summed E-state index contributed by atoms with van der Waals surface area (Å²) < 4.78 is 7.25. The molecular formula is C21H24N2O3S2. The molecule has 28 heavy (non-hydrogen) atoms. The zero-order valence-electron chi connectivity index (χ0n) is 16.1. The Kier molecular flexibility index (Phi) is 5.75. The van der Waals surface area contributed by atoms with Crippen LogP contribution in [0.4, 0.5) is 0 Å². The Hall–Kier alpha value is -1.83. The summed E-state index contributed by atoms with van der Waals surface area (Å²) in [5, 5.41) is 11.7. The van der Waals surface area contributed by atoms with Crippen LogP contribution in [0.25, 0.3) is 10.2 Å². The molecule has 1 N–H and O–H groups in total. The number of rotatable bonds is 6. The molecule has 0 radical (unpaired) electrons. The minimum atomic E-state index is -0.643.